The summed E-state index contributed by atoms with van der Waals surface area (Å²) >= 11 is 0. The summed E-state index contributed by atoms with van der Waals surface area (Å²) < 4.78 is 1.81. The number of nitrogens with one attached hydrogen (secondary N) is 1. The molecule has 0 saturated heterocycles. The van der Waals surface area contributed by atoms with Gasteiger partial charge in [-0.3, -0.25) is 9.67 Å². The highest BCUT2D eigenvalue weighted by Crippen LogP contribution is 2.18. The van der Waals surface area contributed by atoms with E-state index in [0.717, 1.165) is 34.5 Å². The Hall–Kier alpha value is -2.43. The highest BCUT2D eigenvalue weighted by atomic mass is 15.3. The Morgan fingerprint density at radius 2 is 2.10 bits per heavy atom. The van der Waals surface area contributed by atoms with Crippen LogP contribution in [0.2, 0.25) is 0 Å². The topological polar surface area (TPSA) is 55.6 Å². The first kappa shape index (κ1) is 12.6. The Morgan fingerprint density at radius 1 is 1.25 bits per heavy atom. The van der Waals surface area contributed by atoms with Crippen LogP contribution in [-0.2, 0) is 13.6 Å². The smallest absolute Gasteiger partial charge is 0.157 e. The zero-order valence-electron chi connectivity index (χ0n) is 11.9. The molecule has 5 nitrogen and oxygen atoms in total. The van der Waals surface area contributed by atoms with Crippen molar-refractivity contribution in [1.29, 1.82) is 0 Å². The molecule has 0 radical (unpaired) electrons. The van der Waals surface area contributed by atoms with Gasteiger partial charge in [0.1, 0.15) is 0 Å². The van der Waals surface area contributed by atoms with Crippen LogP contribution < -0.4 is 5.32 Å². The van der Waals surface area contributed by atoms with Gasteiger partial charge in [-0.05, 0) is 37.1 Å². The molecule has 102 valence electrons. The molecular formula is C15H17N5. The van der Waals surface area contributed by atoms with Gasteiger partial charge >= 0.3 is 0 Å². The zero-order chi connectivity index (χ0) is 14.1. The van der Waals surface area contributed by atoms with Crippen LogP contribution in [0, 0.1) is 13.8 Å². The molecule has 0 atom stereocenters. The van der Waals surface area contributed by atoms with E-state index in [1.165, 1.54) is 5.56 Å². The molecule has 0 fully saturated rings. The number of hydrogen-bond donors (Lipinski definition) is 1. The van der Waals surface area contributed by atoms with E-state index in [-0.39, 0.29) is 0 Å². The number of aryl methyl sites for hydroxylation is 3. The second kappa shape index (κ2) is 4.92. The second-order valence-electron chi connectivity index (χ2n) is 4.97. The molecule has 1 N–H and O–H groups in total. The Bertz CT molecular complexity index is 760. The van der Waals surface area contributed by atoms with Gasteiger partial charge in [0.15, 0.2) is 5.65 Å². The van der Waals surface area contributed by atoms with Crippen molar-refractivity contribution in [2.45, 2.75) is 20.4 Å². The summed E-state index contributed by atoms with van der Waals surface area (Å²) in [5, 5.41) is 8.88. The van der Waals surface area contributed by atoms with Crippen molar-refractivity contribution in [2.75, 3.05) is 5.32 Å². The Labute approximate surface area is 117 Å². The zero-order valence-corrected chi connectivity index (χ0v) is 11.9. The van der Waals surface area contributed by atoms with Crippen LogP contribution in [0.4, 0.5) is 5.69 Å². The molecule has 0 aromatic carbocycles. The number of pyridine rings is 2. The molecule has 3 heterocycles. The van der Waals surface area contributed by atoms with Crippen molar-refractivity contribution in [2.24, 2.45) is 7.05 Å². The second-order valence-corrected chi connectivity index (χ2v) is 4.97. The van der Waals surface area contributed by atoms with Crippen molar-refractivity contribution in [3.05, 3.63) is 47.5 Å². The Balaban J connectivity index is 1.85. The molecular weight excluding hydrogens is 250 g/mol. The first-order valence-electron chi connectivity index (χ1n) is 6.58. The minimum atomic E-state index is 0.726. The third-order valence-corrected chi connectivity index (χ3v) is 3.44. The van der Waals surface area contributed by atoms with Crippen molar-refractivity contribution < 1.29 is 0 Å². The number of rotatable bonds is 3. The van der Waals surface area contributed by atoms with Gasteiger partial charge < -0.3 is 5.32 Å². The van der Waals surface area contributed by atoms with Crippen LogP contribution >= 0.6 is 0 Å². The fraction of sp³-hybridized carbons (Fsp3) is 0.267. The third kappa shape index (κ3) is 2.22. The Morgan fingerprint density at radius 3 is 2.90 bits per heavy atom. The summed E-state index contributed by atoms with van der Waals surface area (Å²) in [6.07, 6.45) is 5.53. The SMILES string of the molecule is Cc1ccncc1NCc1cnc2c(c1)c(C)nn2C. The van der Waals surface area contributed by atoms with E-state index >= 15 is 0 Å². The van der Waals surface area contributed by atoms with Crippen molar-refractivity contribution in [1.82, 2.24) is 19.7 Å². The summed E-state index contributed by atoms with van der Waals surface area (Å²) in [6.45, 7) is 4.80. The van der Waals surface area contributed by atoms with E-state index in [1.54, 1.807) is 6.20 Å². The molecule has 0 amide bonds. The number of hydrogen-bond acceptors (Lipinski definition) is 4. The summed E-state index contributed by atoms with van der Waals surface area (Å²) in [4.78, 5) is 8.61. The molecule has 0 aliphatic rings. The number of nitrogens with zero attached hydrogens (tertiary/aromatic N) is 4. The van der Waals surface area contributed by atoms with E-state index in [1.807, 2.05) is 37.1 Å². The maximum atomic E-state index is 4.48. The van der Waals surface area contributed by atoms with E-state index in [0.29, 0.717) is 0 Å². The maximum Gasteiger partial charge on any atom is 0.157 e. The van der Waals surface area contributed by atoms with Gasteiger partial charge in [0.2, 0.25) is 0 Å². The number of anilines is 1. The van der Waals surface area contributed by atoms with Crippen LogP contribution in [-0.4, -0.2) is 19.7 Å². The molecule has 0 aliphatic heterocycles. The van der Waals surface area contributed by atoms with Gasteiger partial charge in [0.05, 0.1) is 17.6 Å². The first-order valence-corrected chi connectivity index (χ1v) is 6.58. The summed E-state index contributed by atoms with van der Waals surface area (Å²) in [5.41, 5.74) is 5.30. The standard InChI is InChI=1S/C15H17N5/c1-10-4-5-16-9-14(10)17-7-12-6-13-11(2)19-20(3)15(13)18-8-12/h4-6,8-9,17H,7H2,1-3H3. The minimum absolute atomic E-state index is 0.726. The van der Waals surface area contributed by atoms with Crippen LogP contribution in [0.3, 0.4) is 0 Å². The van der Waals surface area contributed by atoms with Gasteiger partial charge in [0, 0.05) is 31.4 Å². The molecule has 5 heteroatoms. The first-order chi connectivity index (χ1) is 9.65. The quantitative estimate of drug-likeness (QED) is 0.792. The molecule has 0 saturated carbocycles. The van der Waals surface area contributed by atoms with E-state index < -0.39 is 0 Å². The molecule has 0 spiro atoms. The van der Waals surface area contributed by atoms with Gasteiger partial charge in [-0.25, -0.2) is 4.98 Å². The van der Waals surface area contributed by atoms with Gasteiger partial charge in [-0.2, -0.15) is 5.10 Å². The summed E-state index contributed by atoms with van der Waals surface area (Å²) in [5.74, 6) is 0. The highest BCUT2D eigenvalue weighted by Gasteiger charge is 2.07. The molecule has 3 rings (SSSR count). The minimum Gasteiger partial charge on any atom is -0.379 e. The van der Waals surface area contributed by atoms with E-state index in [9.17, 15) is 0 Å². The van der Waals surface area contributed by atoms with E-state index in [2.05, 4.69) is 33.4 Å². The van der Waals surface area contributed by atoms with Crippen molar-refractivity contribution in [3.63, 3.8) is 0 Å². The highest BCUT2D eigenvalue weighted by molar-refractivity contribution is 5.78. The predicted octanol–water partition coefficient (Wildman–Crippen LogP) is 2.59. The molecule has 0 bridgehead atoms. The normalized spacial score (nSPS) is 10.9. The summed E-state index contributed by atoms with van der Waals surface area (Å²) in [6, 6.07) is 4.14. The third-order valence-electron chi connectivity index (χ3n) is 3.44. The monoisotopic (exact) mass is 267 g/mol. The Kier molecular flexibility index (Phi) is 3.10. The van der Waals surface area contributed by atoms with Gasteiger partial charge in [0.25, 0.3) is 0 Å². The molecule has 3 aromatic heterocycles. The lowest BCUT2D eigenvalue weighted by Crippen LogP contribution is -2.02. The molecule has 0 unspecified atom stereocenters. The number of fused-ring (bicyclic) bond motifs is 1. The summed E-state index contributed by atoms with van der Waals surface area (Å²) in [7, 11) is 1.92. The van der Waals surface area contributed by atoms with Gasteiger partial charge in [-0.1, -0.05) is 0 Å². The molecule has 3 aromatic rings. The fourth-order valence-electron chi connectivity index (χ4n) is 2.29. The number of aromatic nitrogens is 4. The van der Waals surface area contributed by atoms with Crippen molar-refractivity contribution in [3.8, 4) is 0 Å². The van der Waals surface area contributed by atoms with Gasteiger partial charge in [-0.15, -0.1) is 0 Å². The lowest BCUT2D eigenvalue weighted by Gasteiger charge is -2.08. The van der Waals surface area contributed by atoms with Crippen molar-refractivity contribution >= 4 is 16.7 Å². The van der Waals surface area contributed by atoms with E-state index in [4.69, 9.17) is 0 Å². The lowest BCUT2D eigenvalue weighted by atomic mass is 10.2. The predicted molar refractivity (Wildman–Crippen MR) is 79.5 cm³/mol. The largest absolute Gasteiger partial charge is 0.379 e. The average molecular weight is 267 g/mol. The maximum absolute atomic E-state index is 4.48. The lowest BCUT2D eigenvalue weighted by molar-refractivity contribution is 0.773. The average Bonchev–Trinajstić information content (AvgIpc) is 2.73. The molecule has 0 aliphatic carbocycles. The fourth-order valence-corrected chi connectivity index (χ4v) is 2.29. The van der Waals surface area contributed by atoms with Crippen LogP contribution in [0.25, 0.3) is 11.0 Å². The van der Waals surface area contributed by atoms with Crippen LogP contribution in [0.15, 0.2) is 30.7 Å². The molecule has 20 heavy (non-hydrogen) atoms. The van der Waals surface area contributed by atoms with Crippen LogP contribution in [0.5, 0.6) is 0 Å². The van der Waals surface area contributed by atoms with Crippen LogP contribution in [0.1, 0.15) is 16.8 Å².